The number of fused-ring (bicyclic) bond motifs is 1. The van der Waals surface area contributed by atoms with Crippen molar-refractivity contribution in [2.75, 3.05) is 81.9 Å². The number of nitrogens with zero attached hydrogens (tertiary/aromatic N) is 11. The molecule has 2 amide bonds. The summed E-state index contributed by atoms with van der Waals surface area (Å²) in [4.78, 5) is 52.6. The number of anilines is 3. The average Bonchev–Trinajstić information content (AvgIpc) is 3.87. The molecule has 1 unspecified atom stereocenters. The fourth-order valence-corrected chi connectivity index (χ4v) is 9.77. The fourth-order valence-electron chi connectivity index (χ4n) is 9.77. The normalized spacial score (nSPS) is 20.0. The Kier molecular flexibility index (Phi) is 11.4. The Morgan fingerprint density at radius 2 is 1.55 bits per heavy atom. The van der Waals surface area contributed by atoms with E-state index in [0.717, 1.165) is 55.7 Å². The molecule has 7 heterocycles. The number of piperazine rings is 1. The molecule has 64 heavy (non-hydrogen) atoms. The van der Waals surface area contributed by atoms with Gasteiger partial charge in [0.2, 0.25) is 0 Å². The summed E-state index contributed by atoms with van der Waals surface area (Å²) < 4.78 is 42.4. The first kappa shape index (κ1) is 43.3. The quantitative estimate of drug-likeness (QED) is 0.163. The summed E-state index contributed by atoms with van der Waals surface area (Å²) in [5.74, 6) is 0.683. The van der Waals surface area contributed by atoms with E-state index in [2.05, 4.69) is 33.9 Å². The molecule has 1 aromatic carbocycles. The number of benzene rings is 1. The van der Waals surface area contributed by atoms with Crippen molar-refractivity contribution in [2.24, 2.45) is 11.3 Å². The number of nitrogen functional groups attached to an aromatic ring is 2. The number of nitrogens with two attached hydrogens (primary N) is 2. The van der Waals surface area contributed by atoms with Crippen LogP contribution in [0, 0.1) is 23.0 Å². The van der Waals surface area contributed by atoms with Crippen LogP contribution in [0.4, 0.5) is 30.8 Å². The molecule has 4 aliphatic rings. The van der Waals surface area contributed by atoms with Gasteiger partial charge in [-0.25, -0.2) is 38.2 Å². The van der Waals surface area contributed by atoms with Gasteiger partial charge in [-0.2, -0.15) is 5.10 Å². The van der Waals surface area contributed by atoms with Gasteiger partial charge in [-0.05, 0) is 87.8 Å². The van der Waals surface area contributed by atoms with Crippen LogP contribution in [0.3, 0.4) is 0 Å². The minimum atomic E-state index is -0.641. The van der Waals surface area contributed by atoms with Crippen molar-refractivity contribution < 1.29 is 27.6 Å². The van der Waals surface area contributed by atoms with Gasteiger partial charge in [-0.3, -0.25) is 9.69 Å². The second-order valence-corrected chi connectivity index (χ2v) is 19.5. The van der Waals surface area contributed by atoms with E-state index < -0.39 is 23.3 Å². The van der Waals surface area contributed by atoms with Crippen molar-refractivity contribution in [3.63, 3.8) is 0 Å². The van der Waals surface area contributed by atoms with E-state index in [9.17, 15) is 18.4 Å². The Hall–Kier alpha value is -5.98. The van der Waals surface area contributed by atoms with E-state index in [1.807, 2.05) is 37.8 Å². The predicted octanol–water partition coefficient (Wildman–Crippen LogP) is 6.03. The van der Waals surface area contributed by atoms with Crippen molar-refractivity contribution in [3.8, 4) is 22.8 Å². The highest BCUT2D eigenvalue weighted by atomic mass is 19.1. The smallest absolute Gasteiger partial charge is 0.410 e. The molecule has 1 atom stereocenters. The molecule has 4 fully saturated rings. The molecule has 1 aliphatic carbocycles. The summed E-state index contributed by atoms with van der Waals surface area (Å²) in [5.41, 5.74) is 14.6. The molecule has 4 N–H and O–H groups in total. The topological polar surface area (TPSA) is 204 Å². The van der Waals surface area contributed by atoms with Crippen LogP contribution < -0.4 is 16.4 Å². The summed E-state index contributed by atoms with van der Waals surface area (Å²) in [6.45, 7) is 15.4. The van der Waals surface area contributed by atoms with Gasteiger partial charge < -0.3 is 35.4 Å². The number of carbonyl (C=O) groups excluding carboxylic acids is 2. The Morgan fingerprint density at radius 1 is 0.875 bits per heavy atom. The lowest BCUT2D eigenvalue weighted by Crippen LogP contribution is -2.50. The first-order chi connectivity index (χ1) is 30.6. The van der Waals surface area contributed by atoms with Gasteiger partial charge >= 0.3 is 6.09 Å². The zero-order valence-corrected chi connectivity index (χ0v) is 37.2. The molecular weight excluding hydrogens is 825 g/mol. The van der Waals surface area contributed by atoms with Gasteiger partial charge in [0.1, 0.15) is 29.2 Å². The molecule has 0 spiro atoms. The second-order valence-electron chi connectivity index (χ2n) is 19.5. The van der Waals surface area contributed by atoms with E-state index >= 15 is 0 Å². The van der Waals surface area contributed by atoms with Crippen LogP contribution >= 0.6 is 0 Å². The lowest BCUT2D eigenvalue weighted by molar-refractivity contribution is -0.136. The zero-order valence-electron chi connectivity index (χ0n) is 37.2. The molecule has 3 saturated heterocycles. The van der Waals surface area contributed by atoms with Gasteiger partial charge in [0.15, 0.2) is 35.5 Å². The molecule has 0 radical (unpaired) electrons. The van der Waals surface area contributed by atoms with Crippen LogP contribution in [0.1, 0.15) is 89.9 Å². The summed E-state index contributed by atoms with van der Waals surface area (Å²) in [5, 5.41) is 10.1. The predicted molar refractivity (Wildman–Crippen MR) is 236 cm³/mol. The first-order valence-electron chi connectivity index (χ1n) is 22.3. The van der Waals surface area contributed by atoms with Crippen LogP contribution in [-0.4, -0.2) is 127 Å². The van der Waals surface area contributed by atoms with Crippen LogP contribution in [0.25, 0.3) is 33.8 Å². The highest BCUT2D eigenvalue weighted by molar-refractivity contribution is 6.00. The van der Waals surface area contributed by atoms with E-state index in [0.29, 0.717) is 104 Å². The number of rotatable bonds is 9. The van der Waals surface area contributed by atoms with Crippen molar-refractivity contribution in [1.29, 1.82) is 0 Å². The van der Waals surface area contributed by atoms with Crippen molar-refractivity contribution in [3.05, 3.63) is 53.8 Å². The molecule has 17 nitrogen and oxygen atoms in total. The van der Waals surface area contributed by atoms with E-state index in [-0.39, 0.29) is 41.1 Å². The van der Waals surface area contributed by atoms with Crippen LogP contribution in [-0.2, 0) is 15.1 Å². The Morgan fingerprint density at radius 3 is 2.19 bits per heavy atom. The van der Waals surface area contributed by atoms with Crippen LogP contribution in [0.15, 0.2) is 35.4 Å². The maximum atomic E-state index is 14.5. The third kappa shape index (κ3) is 8.53. The number of halogens is 2. The summed E-state index contributed by atoms with van der Waals surface area (Å²) >= 11 is 0. The largest absolute Gasteiger partial charge is 0.439 e. The number of amides is 2. The Bertz CT molecular complexity index is 2510. The third-order valence-electron chi connectivity index (χ3n) is 13.3. The van der Waals surface area contributed by atoms with Gasteiger partial charge in [0, 0.05) is 82.9 Å². The highest BCUT2D eigenvalue weighted by Gasteiger charge is 2.41. The Labute approximate surface area is 370 Å². The van der Waals surface area contributed by atoms with Crippen molar-refractivity contribution >= 4 is 40.2 Å². The summed E-state index contributed by atoms with van der Waals surface area (Å²) in [7, 11) is 0. The number of piperidine rings is 2. The standard InChI is InChI=1S/C45H57F2N13O4/c1-44(2,3)60-42-35(40(49)52-25-53-42)36(54-60)37-34(39(64-55-37)27-6-7-27)41-50-20-28(21-51-41)30-10-13-59(24-45(30,4)5)43(62)63-23-33(61)57-11-8-26(9-12-57)22-56-14-16-58(17-15-56)38-31(46)18-29(48)19-32(38)47/h18-21,25-27,30H,6-17,22-24,48H2,1-5H3,(H2,49,52,53). The first-order valence-corrected chi connectivity index (χ1v) is 22.3. The zero-order chi connectivity index (χ0) is 45.1. The molecule has 4 aromatic heterocycles. The maximum absolute atomic E-state index is 14.5. The third-order valence-corrected chi connectivity index (χ3v) is 13.3. The molecule has 0 bridgehead atoms. The lowest BCUT2D eigenvalue weighted by atomic mass is 9.71. The number of likely N-dealkylation sites (tertiary alicyclic amines) is 2. The van der Waals surface area contributed by atoms with Gasteiger partial charge in [-0.1, -0.05) is 19.0 Å². The molecule has 9 rings (SSSR count). The van der Waals surface area contributed by atoms with Crippen molar-refractivity contribution in [2.45, 2.75) is 84.1 Å². The number of aromatic nitrogens is 7. The van der Waals surface area contributed by atoms with Gasteiger partial charge in [-0.15, -0.1) is 0 Å². The van der Waals surface area contributed by atoms with Gasteiger partial charge in [0.05, 0.1) is 16.5 Å². The number of hydrogen-bond acceptors (Lipinski definition) is 14. The molecule has 1 saturated carbocycles. The van der Waals surface area contributed by atoms with Gasteiger partial charge in [0.25, 0.3) is 5.91 Å². The maximum Gasteiger partial charge on any atom is 0.410 e. The molecule has 5 aromatic rings. The molecular formula is C45H57F2N13O4. The minimum Gasteiger partial charge on any atom is -0.439 e. The fraction of sp³-hybridized carbons (Fsp3) is 0.556. The van der Waals surface area contributed by atoms with E-state index in [4.69, 9.17) is 35.8 Å². The molecule has 340 valence electrons. The minimum absolute atomic E-state index is 0.0208. The number of hydrogen-bond donors (Lipinski definition) is 2. The van der Waals surface area contributed by atoms with E-state index in [1.165, 1.54) is 6.33 Å². The second kappa shape index (κ2) is 16.9. The van der Waals surface area contributed by atoms with Crippen LogP contribution in [0.2, 0.25) is 0 Å². The van der Waals surface area contributed by atoms with Crippen LogP contribution in [0.5, 0.6) is 0 Å². The van der Waals surface area contributed by atoms with E-state index in [1.54, 1.807) is 14.7 Å². The monoisotopic (exact) mass is 881 g/mol. The number of carbonyl (C=O) groups is 2. The Balaban J connectivity index is 0.777. The van der Waals surface area contributed by atoms with Crippen molar-refractivity contribution in [1.82, 2.24) is 49.6 Å². The molecule has 19 heteroatoms. The lowest BCUT2D eigenvalue weighted by Gasteiger charge is -2.43. The summed E-state index contributed by atoms with van der Waals surface area (Å²) in [6, 6.07) is 2.31. The number of ether oxygens (including phenoxy) is 1. The average molecular weight is 882 g/mol. The molecule has 3 aliphatic heterocycles. The highest BCUT2D eigenvalue weighted by Crippen LogP contribution is 2.48. The SMILES string of the molecule is CC1(C)CN(C(=O)OCC(=O)N2CCC(CN3CCN(c4c(F)cc(N)cc4F)CC3)CC2)CCC1c1cnc(-c2c(-c3nn(C(C)(C)C)c4ncnc(N)c34)noc2C2CC2)nc1. The summed E-state index contributed by atoms with van der Waals surface area (Å²) in [6.07, 6.45) is 8.94.